The molecule has 4 rings (SSSR count). The average molecular weight is 363 g/mol. The molecule has 26 heavy (non-hydrogen) atoms. The fourth-order valence-corrected chi connectivity index (χ4v) is 3.47. The van der Waals surface area contributed by atoms with Gasteiger partial charge in [0.25, 0.3) is 0 Å². The van der Waals surface area contributed by atoms with Crippen LogP contribution < -0.4 is 5.32 Å². The summed E-state index contributed by atoms with van der Waals surface area (Å²) >= 11 is 1.68. The quantitative estimate of drug-likeness (QED) is 0.566. The lowest BCUT2D eigenvalue weighted by Gasteiger charge is -2.00. The number of aromatic nitrogens is 4. The number of thiophene rings is 1. The number of hydrogen-bond donors (Lipinski definition) is 2. The summed E-state index contributed by atoms with van der Waals surface area (Å²) in [6, 6.07) is 15.7. The van der Waals surface area contributed by atoms with Gasteiger partial charge in [0.2, 0.25) is 5.91 Å². The lowest BCUT2D eigenvalue weighted by atomic mass is 10.2. The molecule has 4 aromatic rings. The Morgan fingerprint density at radius 2 is 2.08 bits per heavy atom. The zero-order chi connectivity index (χ0) is 17.9. The largest absolute Gasteiger partial charge is 0.309 e. The van der Waals surface area contributed by atoms with Crippen molar-refractivity contribution in [2.75, 3.05) is 5.32 Å². The minimum Gasteiger partial charge on any atom is -0.309 e. The molecular weight excluding hydrogens is 346 g/mol. The van der Waals surface area contributed by atoms with Crippen molar-refractivity contribution < 1.29 is 4.79 Å². The van der Waals surface area contributed by atoms with E-state index >= 15 is 0 Å². The summed E-state index contributed by atoms with van der Waals surface area (Å²) in [4.78, 5) is 14.6. The van der Waals surface area contributed by atoms with Crippen molar-refractivity contribution in [3.63, 3.8) is 0 Å². The molecule has 130 valence electrons. The minimum absolute atomic E-state index is 0.127. The Morgan fingerprint density at radius 1 is 1.23 bits per heavy atom. The molecule has 0 unspecified atom stereocenters. The third-order valence-corrected chi connectivity index (χ3v) is 4.91. The number of H-pyrrole nitrogens is 1. The monoisotopic (exact) mass is 363 g/mol. The Bertz CT molecular complexity index is 1030. The Balaban J connectivity index is 1.40. The van der Waals surface area contributed by atoms with Crippen LogP contribution in [0.15, 0.2) is 60.9 Å². The van der Waals surface area contributed by atoms with Crippen LogP contribution in [0.4, 0.5) is 5.82 Å². The third kappa shape index (κ3) is 3.57. The lowest BCUT2D eigenvalue weighted by Crippen LogP contribution is -2.14. The van der Waals surface area contributed by atoms with Crippen LogP contribution in [-0.4, -0.2) is 25.9 Å². The molecule has 0 bridgehead atoms. The summed E-state index contributed by atoms with van der Waals surface area (Å²) in [6.45, 7) is 2.06. The maximum absolute atomic E-state index is 12.3. The first-order valence-electron chi connectivity index (χ1n) is 8.18. The Labute approximate surface area is 154 Å². The molecule has 0 spiro atoms. The van der Waals surface area contributed by atoms with Gasteiger partial charge in [-0.2, -0.15) is 10.2 Å². The van der Waals surface area contributed by atoms with E-state index in [2.05, 4.69) is 33.6 Å². The second kappa shape index (κ2) is 6.97. The van der Waals surface area contributed by atoms with Gasteiger partial charge in [0, 0.05) is 17.1 Å². The van der Waals surface area contributed by atoms with Gasteiger partial charge in [-0.05, 0) is 36.8 Å². The van der Waals surface area contributed by atoms with Crippen molar-refractivity contribution in [1.29, 1.82) is 0 Å². The zero-order valence-corrected chi connectivity index (χ0v) is 15.0. The molecule has 6 nitrogen and oxygen atoms in total. The van der Waals surface area contributed by atoms with E-state index in [1.54, 1.807) is 22.2 Å². The summed E-state index contributed by atoms with van der Waals surface area (Å²) in [5.74, 6) is 0.393. The van der Waals surface area contributed by atoms with Gasteiger partial charge in [0.15, 0.2) is 5.82 Å². The number of anilines is 1. The van der Waals surface area contributed by atoms with E-state index in [1.165, 1.54) is 4.88 Å². The zero-order valence-electron chi connectivity index (χ0n) is 14.1. The number of nitrogens with zero attached hydrogens (tertiary/aromatic N) is 3. The van der Waals surface area contributed by atoms with Gasteiger partial charge in [0.05, 0.1) is 28.9 Å². The molecule has 3 aromatic heterocycles. The molecule has 0 fully saturated rings. The molecule has 0 saturated carbocycles. The number of aryl methyl sites for hydroxylation is 1. The van der Waals surface area contributed by atoms with Gasteiger partial charge in [-0.3, -0.25) is 9.89 Å². The highest BCUT2D eigenvalue weighted by molar-refractivity contribution is 7.15. The van der Waals surface area contributed by atoms with Crippen molar-refractivity contribution in [2.45, 2.75) is 13.3 Å². The first-order chi connectivity index (χ1) is 12.7. The smallest absolute Gasteiger partial charge is 0.230 e. The Hall–Kier alpha value is -3.19. The van der Waals surface area contributed by atoms with Crippen molar-refractivity contribution >= 4 is 23.1 Å². The molecule has 7 heteroatoms. The van der Waals surface area contributed by atoms with Crippen molar-refractivity contribution in [3.05, 3.63) is 71.4 Å². The average Bonchev–Trinajstić information content (AvgIpc) is 3.37. The van der Waals surface area contributed by atoms with E-state index in [9.17, 15) is 4.79 Å². The highest BCUT2D eigenvalue weighted by Gasteiger charge is 2.10. The number of benzene rings is 1. The summed E-state index contributed by atoms with van der Waals surface area (Å²) in [5.41, 5.74) is 2.70. The van der Waals surface area contributed by atoms with Gasteiger partial charge < -0.3 is 5.32 Å². The number of hydrogen-bond acceptors (Lipinski definition) is 4. The number of para-hydroxylation sites is 1. The molecule has 2 N–H and O–H groups in total. The molecule has 0 aliphatic heterocycles. The first-order valence-corrected chi connectivity index (χ1v) is 9.00. The van der Waals surface area contributed by atoms with Crippen LogP contribution in [0.3, 0.4) is 0 Å². The third-order valence-electron chi connectivity index (χ3n) is 3.87. The van der Waals surface area contributed by atoms with Gasteiger partial charge in [0.1, 0.15) is 0 Å². The molecule has 0 aliphatic carbocycles. The fourth-order valence-electron chi connectivity index (χ4n) is 2.64. The van der Waals surface area contributed by atoms with Crippen LogP contribution in [-0.2, 0) is 11.2 Å². The molecule has 0 atom stereocenters. The van der Waals surface area contributed by atoms with Gasteiger partial charge >= 0.3 is 0 Å². The van der Waals surface area contributed by atoms with Crippen LogP contribution in [0.5, 0.6) is 0 Å². The lowest BCUT2D eigenvalue weighted by molar-refractivity contribution is -0.115. The standard InChI is InChI=1S/C19H17N5OS/c1-13-7-8-17(26-13)16-10-18(23-22-16)21-19(25)9-14-11-20-24(12-14)15-5-3-2-4-6-15/h2-8,10-12H,9H2,1H3,(H2,21,22,23,25). The SMILES string of the molecule is Cc1ccc(-c2cc(NC(=O)Cc3cnn(-c4ccccc4)c3)n[nH]2)s1. The number of nitrogens with one attached hydrogen (secondary N) is 2. The second-order valence-corrected chi connectivity index (χ2v) is 7.22. The summed E-state index contributed by atoms with van der Waals surface area (Å²) < 4.78 is 1.76. The Kier molecular flexibility index (Phi) is 4.37. The summed E-state index contributed by atoms with van der Waals surface area (Å²) in [5, 5.41) is 14.3. The molecule has 1 amide bonds. The van der Waals surface area contributed by atoms with E-state index < -0.39 is 0 Å². The van der Waals surface area contributed by atoms with Crippen molar-refractivity contribution in [3.8, 4) is 16.3 Å². The van der Waals surface area contributed by atoms with E-state index in [0.717, 1.165) is 21.8 Å². The van der Waals surface area contributed by atoms with Gasteiger partial charge in [-0.15, -0.1) is 11.3 Å². The number of carbonyl (C=O) groups is 1. The second-order valence-electron chi connectivity index (χ2n) is 5.93. The van der Waals surface area contributed by atoms with E-state index in [-0.39, 0.29) is 12.3 Å². The van der Waals surface area contributed by atoms with Crippen LogP contribution in [0.1, 0.15) is 10.4 Å². The highest BCUT2D eigenvalue weighted by atomic mass is 32.1. The molecular formula is C19H17N5OS. The number of aromatic amines is 1. The first kappa shape index (κ1) is 16.3. The molecule has 0 radical (unpaired) electrons. The number of amides is 1. The predicted molar refractivity (Wildman–Crippen MR) is 103 cm³/mol. The van der Waals surface area contributed by atoms with E-state index in [4.69, 9.17) is 0 Å². The number of carbonyl (C=O) groups excluding carboxylic acids is 1. The van der Waals surface area contributed by atoms with Gasteiger partial charge in [-0.25, -0.2) is 4.68 Å². The molecule has 1 aromatic carbocycles. The van der Waals surface area contributed by atoms with E-state index in [0.29, 0.717) is 5.82 Å². The molecule has 0 saturated heterocycles. The van der Waals surface area contributed by atoms with Crippen LogP contribution >= 0.6 is 11.3 Å². The maximum Gasteiger partial charge on any atom is 0.230 e. The van der Waals surface area contributed by atoms with E-state index in [1.807, 2.05) is 48.7 Å². The molecule has 3 heterocycles. The predicted octanol–water partition coefficient (Wildman–Crippen LogP) is 3.81. The van der Waals surface area contributed by atoms with Crippen LogP contribution in [0.25, 0.3) is 16.3 Å². The van der Waals surface area contributed by atoms with Crippen molar-refractivity contribution in [1.82, 2.24) is 20.0 Å². The topological polar surface area (TPSA) is 75.6 Å². The summed E-state index contributed by atoms with van der Waals surface area (Å²) in [7, 11) is 0. The fraction of sp³-hybridized carbons (Fsp3) is 0.105. The highest BCUT2D eigenvalue weighted by Crippen LogP contribution is 2.27. The normalized spacial score (nSPS) is 10.8. The minimum atomic E-state index is -0.127. The van der Waals surface area contributed by atoms with Crippen LogP contribution in [0, 0.1) is 6.92 Å². The van der Waals surface area contributed by atoms with Crippen LogP contribution in [0.2, 0.25) is 0 Å². The number of rotatable bonds is 5. The summed E-state index contributed by atoms with van der Waals surface area (Å²) in [6.07, 6.45) is 3.81. The van der Waals surface area contributed by atoms with Gasteiger partial charge in [-0.1, -0.05) is 18.2 Å². The van der Waals surface area contributed by atoms with Crippen molar-refractivity contribution in [2.24, 2.45) is 0 Å². The molecule has 0 aliphatic rings. The Morgan fingerprint density at radius 3 is 2.85 bits per heavy atom. The maximum atomic E-state index is 12.3.